The molecule has 0 atom stereocenters. The Morgan fingerprint density at radius 3 is 2.64 bits per heavy atom. The van der Waals surface area contributed by atoms with Gasteiger partial charge in [-0.25, -0.2) is 4.98 Å². The fourth-order valence-corrected chi connectivity index (χ4v) is 4.25. The zero-order valence-electron chi connectivity index (χ0n) is 18.2. The van der Waals surface area contributed by atoms with Crippen LogP contribution in [-0.4, -0.2) is 48.4 Å². The van der Waals surface area contributed by atoms with Crippen LogP contribution in [0.25, 0.3) is 22.0 Å². The molecule has 7 nitrogen and oxygen atoms in total. The fraction of sp³-hybridized carbons (Fsp3) is 0.200. The Morgan fingerprint density at radius 1 is 1.03 bits per heavy atom. The van der Waals surface area contributed by atoms with E-state index in [1.54, 1.807) is 18.3 Å². The standard InChI is InChI=1S/C25H24ClN5O2/c1-33-23-14-17(13-20(26)25(23)32)16-2-4-21-19(12-16)22(6-7-28-21)30-24-5-3-18(15-29-24)31-10-8-27-9-11-31/h2-7,12-15,27,32H,8-11H2,1H3,(H,28,29,30). The van der Waals surface area contributed by atoms with Crippen molar-refractivity contribution in [2.75, 3.05) is 43.5 Å². The maximum absolute atomic E-state index is 10.1. The van der Waals surface area contributed by atoms with Gasteiger partial charge in [-0.05, 0) is 53.6 Å². The first-order valence-electron chi connectivity index (χ1n) is 10.8. The molecule has 2 aromatic carbocycles. The SMILES string of the molecule is COc1cc(-c2ccc3nccc(Nc4ccc(N5CCNCC5)cn4)c3c2)cc(Cl)c1O. The third kappa shape index (κ3) is 4.37. The van der Waals surface area contributed by atoms with E-state index < -0.39 is 0 Å². The summed E-state index contributed by atoms with van der Waals surface area (Å²) in [5, 5.41) is 18.0. The molecule has 2 aromatic heterocycles. The van der Waals surface area contributed by atoms with E-state index in [9.17, 15) is 5.11 Å². The molecule has 3 N–H and O–H groups in total. The first-order chi connectivity index (χ1) is 16.1. The minimum absolute atomic E-state index is 0.0666. The number of benzene rings is 2. The van der Waals surface area contributed by atoms with Gasteiger partial charge in [-0.3, -0.25) is 4.98 Å². The Labute approximate surface area is 197 Å². The molecule has 4 aromatic rings. The van der Waals surface area contributed by atoms with Gasteiger partial charge in [0.25, 0.3) is 0 Å². The topological polar surface area (TPSA) is 82.5 Å². The van der Waals surface area contributed by atoms with Crippen molar-refractivity contribution < 1.29 is 9.84 Å². The number of halogens is 1. The average molecular weight is 462 g/mol. The molecule has 3 heterocycles. The zero-order chi connectivity index (χ0) is 22.8. The van der Waals surface area contributed by atoms with Gasteiger partial charge in [-0.15, -0.1) is 0 Å². The lowest BCUT2D eigenvalue weighted by Gasteiger charge is -2.29. The summed E-state index contributed by atoms with van der Waals surface area (Å²) in [7, 11) is 1.50. The highest BCUT2D eigenvalue weighted by molar-refractivity contribution is 6.32. The number of piperazine rings is 1. The molecule has 0 radical (unpaired) electrons. The maximum atomic E-state index is 10.1. The van der Waals surface area contributed by atoms with Crippen molar-refractivity contribution in [2.45, 2.75) is 0 Å². The van der Waals surface area contributed by atoms with Crippen molar-refractivity contribution in [3.05, 3.63) is 65.9 Å². The number of nitrogens with one attached hydrogen (secondary N) is 2. The summed E-state index contributed by atoms with van der Waals surface area (Å²) < 4.78 is 5.26. The smallest absolute Gasteiger partial charge is 0.176 e. The van der Waals surface area contributed by atoms with Crippen molar-refractivity contribution in [3.63, 3.8) is 0 Å². The molecule has 0 bridgehead atoms. The maximum Gasteiger partial charge on any atom is 0.176 e. The van der Waals surface area contributed by atoms with Gasteiger partial charge in [0, 0.05) is 37.8 Å². The van der Waals surface area contributed by atoms with Gasteiger partial charge in [0.1, 0.15) is 5.82 Å². The molecule has 1 fully saturated rings. The van der Waals surface area contributed by atoms with Gasteiger partial charge in [-0.2, -0.15) is 0 Å². The van der Waals surface area contributed by atoms with Crippen LogP contribution in [0.3, 0.4) is 0 Å². The highest BCUT2D eigenvalue weighted by Crippen LogP contribution is 2.39. The van der Waals surface area contributed by atoms with Crippen molar-refractivity contribution in [2.24, 2.45) is 0 Å². The van der Waals surface area contributed by atoms with Crippen LogP contribution >= 0.6 is 11.6 Å². The van der Waals surface area contributed by atoms with Crippen LogP contribution in [0.1, 0.15) is 0 Å². The van der Waals surface area contributed by atoms with Crippen molar-refractivity contribution in [1.82, 2.24) is 15.3 Å². The first-order valence-corrected chi connectivity index (χ1v) is 11.1. The molecule has 8 heteroatoms. The predicted molar refractivity (Wildman–Crippen MR) is 133 cm³/mol. The molecule has 33 heavy (non-hydrogen) atoms. The summed E-state index contributed by atoms with van der Waals surface area (Å²) in [5.74, 6) is 1.03. The summed E-state index contributed by atoms with van der Waals surface area (Å²) in [6, 6.07) is 15.5. The van der Waals surface area contributed by atoms with Gasteiger partial charge in [0.05, 0.1) is 35.2 Å². The number of rotatable bonds is 5. The molecule has 0 amide bonds. The Hall–Kier alpha value is -3.55. The number of hydrogen-bond acceptors (Lipinski definition) is 7. The molecule has 0 unspecified atom stereocenters. The van der Waals surface area contributed by atoms with E-state index in [0.29, 0.717) is 5.75 Å². The molecular formula is C25H24ClN5O2. The number of methoxy groups -OCH3 is 1. The van der Waals surface area contributed by atoms with Gasteiger partial charge in [-0.1, -0.05) is 17.7 Å². The first kappa shape index (κ1) is 21.3. The number of anilines is 3. The zero-order valence-corrected chi connectivity index (χ0v) is 18.9. The van der Waals surface area contributed by atoms with Gasteiger partial charge >= 0.3 is 0 Å². The van der Waals surface area contributed by atoms with E-state index in [1.807, 2.05) is 36.5 Å². The lowest BCUT2D eigenvalue weighted by atomic mass is 10.0. The summed E-state index contributed by atoms with van der Waals surface area (Å²) in [5.41, 5.74) is 4.66. The summed E-state index contributed by atoms with van der Waals surface area (Å²) in [6.45, 7) is 3.95. The van der Waals surface area contributed by atoms with Gasteiger partial charge in [0.2, 0.25) is 0 Å². The largest absolute Gasteiger partial charge is 0.503 e. The number of phenols is 1. The Kier molecular flexibility index (Phi) is 5.90. The molecular weight excluding hydrogens is 438 g/mol. The third-order valence-corrected chi connectivity index (χ3v) is 6.10. The fourth-order valence-electron chi connectivity index (χ4n) is 4.04. The minimum atomic E-state index is -0.0666. The Bertz CT molecular complexity index is 1290. The molecule has 1 saturated heterocycles. The van der Waals surface area contributed by atoms with Crippen LogP contribution in [0.5, 0.6) is 11.5 Å². The molecule has 1 aliphatic heterocycles. The van der Waals surface area contributed by atoms with Gasteiger partial charge < -0.3 is 25.4 Å². The van der Waals surface area contributed by atoms with Crippen LogP contribution in [-0.2, 0) is 0 Å². The van der Waals surface area contributed by atoms with Crippen molar-refractivity contribution >= 4 is 39.7 Å². The molecule has 168 valence electrons. The van der Waals surface area contributed by atoms with E-state index in [0.717, 1.165) is 65.4 Å². The average Bonchev–Trinajstić information content (AvgIpc) is 2.86. The second kappa shape index (κ2) is 9.13. The lowest BCUT2D eigenvalue weighted by molar-refractivity contribution is 0.374. The van der Waals surface area contributed by atoms with Crippen LogP contribution in [0.15, 0.2) is 60.9 Å². The number of nitrogens with zero attached hydrogens (tertiary/aromatic N) is 3. The normalized spacial score (nSPS) is 13.8. The number of phenolic OH excluding ortho intramolecular Hbond substituents is 1. The molecule has 5 rings (SSSR count). The van der Waals surface area contributed by atoms with Crippen LogP contribution in [0.2, 0.25) is 5.02 Å². The number of aromatic hydroxyl groups is 1. The lowest BCUT2D eigenvalue weighted by Crippen LogP contribution is -2.43. The monoisotopic (exact) mass is 461 g/mol. The number of fused-ring (bicyclic) bond motifs is 1. The Balaban J connectivity index is 1.46. The highest BCUT2D eigenvalue weighted by atomic mass is 35.5. The van der Waals surface area contributed by atoms with Gasteiger partial charge in [0.15, 0.2) is 11.5 Å². The Morgan fingerprint density at radius 2 is 1.88 bits per heavy atom. The quantitative estimate of drug-likeness (QED) is 0.393. The number of ether oxygens (including phenoxy) is 1. The van der Waals surface area contributed by atoms with E-state index in [1.165, 1.54) is 7.11 Å². The van der Waals surface area contributed by atoms with Crippen LogP contribution in [0.4, 0.5) is 17.2 Å². The number of aromatic nitrogens is 2. The van der Waals surface area contributed by atoms with E-state index in [2.05, 4.69) is 31.6 Å². The van der Waals surface area contributed by atoms with Crippen LogP contribution in [0, 0.1) is 0 Å². The third-order valence-electron chi connectivity index (χ3n) is 5.82. The van der Waals surface area contributed by atoms with E-state index in [-0.39, 0.29) is 10.8 Å². The highest BCUT2D eigenvalue weighted by Gasteiger charge is 2.13. The number of pyridine rings is 2. The van der Waals surface area contributed by atoms with E-state index in [4.69, 9.17) is 16.3 Å². The summed E-state index contributed by atoms with van der Waals surface area (Å²) in [6.07, 6.45) is 3.69. The molecule has 1 aliphatic rings. The summed E-state index contributed by atoms with van der Waals surface area (Å²) in [4.78, 5) is 11.5. The number of hydrogen-bond donors (Lipinski definition) is 3. The van der Waals surface area contributed by atoms with E-state index >= 15 is 0 Å². The summed E-state index contributed by atoms with van der Waals surface area (Å²) >= 11 is 6.20. The van der Waals surface area contributed by atoms with Crippen molar-refractivity contribution in [1.29, 1.82) is 0 Å². The molecule has 0 spiro atoms. The molecule has 0 saturated carbocycles. The predicted octanol–water partition coefficient (Wildman–Crippen LogP) is 4.82. The molecule has 0 aliphatic carbocycles. The second-order valence-corrected chi connectivity index (χ2v) is 8.27. The van der Waals surface area contributed by atoms with Crippen LogP contribution < -0.4 is 20.3 Å². The van der Waals surface area contributed by atoms with Crippen molar-refractivity contribution in [3.8, 4) is 22.6 Å². The minimum Gasteiger partial charge on any atom is -0.503 e. The second-order valence-electron chi connectivity index (χ2n) is 7.86.